The Morgan fingerprint density at radius 2 is 1.03 bits per heavy atom. The van der Waals surface area contributed by atoms with E-state index in [0.29, 0.717) is 34.5 Å². The fourth-order valence-corrected chi connectivity index (χ4v) is 11.2. The van der Waals surface area contributed by atoms with Gasteiger partial charge < -0.3 is 0 Å². The number of nitrogens with zero attached hydrogens (tertiary/aromatic N) is 6. The summed E-state index contributed by atoms with van der Waals surface area (Å²) in [6.07, 6.45) is 6.54. The molecular formula is C40H40N8O6S4. The number of nitrogens with two attached hydrogens (primary N) is 2. The molecule has 2 amide bonds. The van der Waals surface area contributed by atoms with Gasteiger partial charge in [-0.05, 0) is 98.2 Å². The first kappa shape index (κ1) is 40.9. The average Bonchev–Trinajstić information content (AvgIpc) is 4.01. The smallest absolute Gasteiger partial charge is 0.249 e. The van der Waals surface area contributed by atoms with Crippen LogP contribution in [0, 0.1) is 13.8 Å². The van der Waals surface area contributed by atoms with E-state index in [1.165, 1.54) is 9.80 Å². The van der Waals surface area contributed by atoms with Crippen molar-refractivity contribution in [3.05, 3.63) is 119 Å². The molecule has 0 spiro atoms. The lowest BCUT2D eigenvalue weighted by atomic mass is 9.98. The molecule has 8 rings (SSSR count). The molecule has 0 fully saturated rings. The molecule has 2 atom stereocenters. The minimum absolute atomic E-state index is 0.0148. The van der Waals surface area contributed by atoms with Gasteiger partial charge in [-0.2, -0.15) is 0 Å². The van der Waals surface area contributed by atoms with Crippen LogP contribution in [0.5, 0.6) is 0 Å². The highest BCUT2D eigenvalue weighted by atomic mass is 32.3. The summed E-state index contributed by atoms with van der Waals surface area (Å²) < 4.78 is 46.6. The normalized spacial score (nSPS) is 15.9. The Morgan fingerprint density at radius 3 is 1.36 bits per heavy atom. The molecule has 4 heterocycles. The maximum Gasteiger partial charge on any atom is 0.249 e. The van der Waals surface area contributed by atoms with Crippen molar-refractivity contribution in [1.82, 2.24) is 19.9 Å². The number of sulfonamides is 2. The molecule has 0 unspecified atom stereocenters. The number of anilines is 2. The molecule has 14 nitrogen and oxygen atoms in total. The van der Waals surface area contributed by atoms with E-state index in [2.05, 4.69) is 32.1 Å². The third-order valence-electron chi connectivity index (χ3n) is 10.2. The monoisotopic (exact) mass is 856 g/mol. The first-order valence-corrected chi connectivity index (χ1v) is 22.9. The lowest BCUT2D eigenvalue weighted by molar-refractivity contribution is -0.120. The summed E-state index contributed by atoms with van der Waals surface area (Å²) in [7, 11) is -4.48. The van der Waals surface area contributed by atoms with Gasteiger partial charge in [0.25, 0.3) is 0 Å². The molecule has 0 radical (unpaired) electrons. The van der Waals surface area contributed by atoms with Crippen LogP contribution in [0.15, 0.2) is 93.6 Å². The zero-order valence-corrected chi connectivity index (χ0v) is 35.3. The number of fused-ring (bicyclic) bond motifs is 2. The number of hydrogen-bond acceptors (Lipinski definition) is 12. The highest BCUT2D eigenvalue weighted by Crippen LogP contribution is 2.40. The van der Waals surface area contributed by atoms with Gasteiger partial charge in [-0.15, -0.1) is 0 Å². The molecule has 300 valence electrons. The fourth-order valence-electron chi connectivity index (χ4n) is 7.34. The number of hydrogen-bond donors (Lipinski definition) is 2. The minimum Gasteiger partial charge on any atom is -0.291 e. The van der Waals surface area contributed by atoms with Gasteiger partial charge in [-0.3, -0.25) is 29.4 Å². The lowest BCUT2D eigenvalue weighted by Gasteiger charge is -2.19. The SMILES string of the molecule is Cc1nc(N(C)C(=O)[C@@H]2CCc3cc(-c4ccccn4)ccc32)sc1S(N)(=O)=O.Cc1nc(N(C)C(=O)[C@H]2CCc3cc(-c4ccccn4)ccc32)sc1S(N)(=O)=O. The molecule has 4 aromatic heterocycles. The van der Waals surface area contributed by atoms with Crippen molar-refractivity contribution in [2.75, 3.05) is 23.9 Å². The summed E-state index contributed by atoms with van der Waals surface area (Å²) in [6, 6.07) is 23.7. The Bertz CT molecular complexity index is 2570. The molecule has 2 aromatic carbocycles. The van der Waals surface area contributed by atoms with Crippen molar-refractivity contribution in [1.29, 1.82) is 0 Å². The molecule has 2 aliphatic carbocycles. The predicted octanol–water partition coefficient (Wildman–Crippen LogP) is 5.71. The molecule has 0 saturated carbocycles. The van der Waals surface area contributed by atoms with Crippen LogP contribution in [0.1, 0.15) is 58.3 Å². The number of thiazole rings is 2. The molecule has 0 bridgehead atoms. The lowest BCUT2D eigenvalue weighted by Crippen LogP contribution is -2.30. The van der Waals surface area contributed by atoms with Gasteiger partial charge in [0, 0.05) is 37.6 Å². The maximum atomic E-state index is 13.1. The third kappa shape index (κ3) is 8.34. The van der Waals surface area contributed by atoms with Gasteiger partial charge in [-0.1, -0.05) is 59.1 Å². The quantitative estimate of drug-likeness (QED) is 0.190. The van der Waals surface area contributed by atoms with Crippen molar-refractivity contribution >= 4 is 64.8 Å². The van der Waals surface area contributed by atoms with E-state index in [0.717, 1.165) is 80.3 Å². The van der Waals surface area contributed by atoms with Crippen LogP contribution in [0.2, 0.25) is 0 Å². The van der Waals surface area contributed by atoms with Gasteiger partial charge in [0.15, 0.2) is 18.7 Å². The Labute approximate surface area is 344 Å². The molecule has 18 heteroatoms. The first-order valence-electron chi connectivity index (χ1n) is 18.1. The van der Waals surface area contributed by atoms with Crippen LogP contribution in [-0.4, -0.2) is 62.7 Å². The Hall–Kier alpha value is -5.24. The summed E-state index contributed by atoms with van der Waals surface area (Å²) in [5.74, 6) is -0.780. The molecule has 2 aliphatic rings. The maximum absolute atomic E-state index is 13.1. The fraction of sp³-hybridized carbons (Fsp3) is 0.250. The van der Waals surface area contributed by atoms with Crippen LogP contribution >= 0.6 is 22.7 Å². The number of likely N-dealkylation sites (N-methyl/N-ethyl adjacent to an activating group) is 2. The number of amides is 2. The van der Waals surface area contributed by atoms with E-state index in [1.54, 1.807) is 40.3 Å². The molecule has 4 N–H and O–H groups in total. The van der Waals surface area contributed by atoms with Crippen molar-refractivity contribution in [3.8, 4) is 22.5 Å². The van der Waals surface area contributed by atoms with Crippen LogP contribution in [-0.2, 0) is 42.5 Å². The second-order valence-corrected chi connectivity index (χ2v) is 19.5. The number of rotatable bonds is 8. The third-order valence-corrected chi connectivity index (χ3v) is 15.8. The van der Waals surface area contributed by atoms with Gasteiger partial charge in [0.05, 0.1) is 34.6 Å². The Kier molecular flexibility index (Phi) is 11.4. The largest absolute Gasteiger partial charge is 0.291 e. The van der Waals surface area contributed by atoms with Crippen LogP contribution in [0.4, 0.5) is 10.3 Å². The number of carbonyl (C=O) groups is 2. The summed E-state index contributed by atoms with van der Waals surface area (Å²) in [5.41, 5.74) is 8.74. The molecule has 58 heavy (non-hydrogen) atoms. The Morgan fingerprint density at radius 1 is 0.638 bits per heavy atom. The van der Waals surface area contributed by atoms with Crippen LogP contribution < -0.4 is 20.1 Å². The topological polar surface area (TPSA) is 212 Å². The minimum atomic E-state index is -3.86. The van der Waals surface area contributed by atoms with Gasteiger partial charge >= 0.3 is 0 Å². The van der Waals surface area contributed by atoms with Gasteiger partial charge in [-0.25, -0.2) is 37.1 Å². The Balaban J connectivity index is 0.000000177. The van der Waals surface area contributed by atoms with Crippen molar-refractivity contribution in [2.45, 2.75) is 59.8 Å². The molecular weight excluding hydrogens is 817 g/mol. The highest BCUT2D eigenvalue weighted by Gasteiger charge is 2.34. The second-order valence-electron chi connectivity index (χ2n) is 14.1. The standard InChI is InChI=1S/2C20H20N4O3S2/c2*1-12-19(29(21,26)27)28-20(23-12)24(2)18(25)16-9-6-13-11-14(7-8-15(13)16)17-5-3-4-10-22-17/h2*3-5,7-8,10-11,16H,6,9H2,1-2H3,(H2,21,26,27)/t2*16-/m10/s1. The van der Waals surface area contributed by atoms with Crippen LogP contribution in [0.25, 0.3) is 22.5 Å². The zero-order valence-electron chi connectivity index (χ0n) is 32.0. The van der Waals surface area contributed by atoms with Gasteiger partial charge in [0.2, 0.25) is 31.9 Å². The molecule has 0 aliphatic heterocycles. The summed E-state index contributed by atoms with van der Waals surface area (Å²) in [4.78, 5) is 46.4. The summed E-state index contributed by atoms with van der Waals surface area (Å²) >= 11 is 1.83. The van der Waals surface area contributed by atoms with Gasteiger partial charge in [0.1, 0.15) is 0 Å². The number of aromatic nitrogens is 4. The van der Waals surface area contributed by atoms with Crippen LogP contribution in [0.3, 0.4) is 0 Å². The number of benzene rings is 2. The van der Waals surface area contributed by atoms with Crippen molar-refractivity contribution < 1.29 is 26.4 Å². The number of pyridine rings is 2. The molecule has 6 aromatic rings. The summed E-state index contributed by atoms with van der Waals surface area (Å²) in [6.45, 7) is 3.14. The molecule has 0 saturated heterocycles. The average molecular weight is 857 g/mol. The second kappa shape index (κ2) is 16.2. The van der Waals surface area contributed by atoms with E-state index in [1.807, 2.05) is 60.7 Å². The van der Waals surface area contributed by atoms with E-state index in [4.69, 9.17) is 10.3 Å². The zero-order chi connectivity index (χ0) is 41.5. The number of primary sulfonamides is 2. The predicted molar refractivity (Wildman–Crippen MR) is 225 cm³/mol. The summed E-state index contributed by atoms with van der Waals surface area (Å²) in [5, 5.41) is 11.1. The first-order chi connectivity index (χ1) is 27.5. The van der Waals surface area contributed by atoms with E-state index < -0.39 is 20.0 Å². The van der Waals surface area contributed by atoms with E-state index >= 15 is 0 Å². The highest BCUT2D eigenvalue weighted by molar-refractivity contribution is 7.91. The van der Waals surface area contributed by atoms with E-state index in [9.17, 15) is 26.4 Å². The number of carbonyl (C=O) groups excluding carboxylic acids is 2. The van der Waals surface area contributed by atoms with E-state index in [-0.39, 0.29) is 32.1 Å². The number of aryl methyl sites for hydroxylation is 4. The van der Waals surface area contributed by atoms with Crippen molar-refractivity contribution in [3.63, 3.8) is 0 Å². The van der Waals surface area contributed by atoms with Crippen molar-refractivity contribution in [2.24, 2.45) is 10.3 Å².